The molecule has 0 saturated carbocycles. The first-order chi connectivity index (χ1) is 8.63. The van der Waals surface area contributed by atoms with E-state index in [0.29, 0.717) is 0 Å². The van der Waals surface area contributed by atoms with Gasteiger partial charge in [0, 0.05) is 0 Å². The molecule has 1 aromatic carbocycles. The fourth-order valence-corrected chi connectivity index (χ4v) is 1.18. The third kappa shape index (κ3) is 4.58. The van der Waals surface area contributed by atoms with E-state index in [2.05, 4.69) is 4.18 Å². The van der Waals surface area contributed by atoms with Crippen molar-refractivity contribution in [2.24, 2.45) is 0 Å². The summed E-state index contributed by atoms with van der Waals surface area (Å²) in [6.07, 6.45) is 0. The number of halogens is 3. The maximum Gasteiger partial charge on any atom is 0.534 e. The Hall–Kier alpha value is -2.10. The number of aromatic amines is 1. The highest BCUT2D eigenvalue weighted by molar-refractivity contribution is 7.87. The Morgan fingerprint density at radius 2 is 1.42 bits per heavy atom. The topological polar surface area (TPSA) is 93.3 Å². The molecule has 0 atom stereocenters. The van der Waals surface area contributed by atoms with Crippen LogP contribution in [0.15, 0.2) is 39.9 Å². The van der Waals surface area contributed by atoms with E-state index in [4.69, 9.17) is 0 Å². The van der Waals surface area contributed by atoms with Crippen molar-refractivity contribution < 1.29 is 25.8 Å². The van der Waals surface area contributed by atoms with E-state index < -0.39 is 26.7 Å². The van der Waals surface area contributed by atoms with E-state index in [-0.39, 0.29) is 5.75 Å². The minimum absolute atomic E-state index is 0.371. The molecule has 0 aliphatic heterocycles. The lowest BCUT2D eigenvalue weighted by molar-refractivity contribution is -0.0500. The maximum atomic E-state index is 11.8. The predicted molar refractivity (Wildman–Crippen MR) is 57.7 cm³/mol. The molecule has 19 heavy (non-hydrogen) atoms. The van der Waals surface area contributed by atoms with Crippen molar-refractivity contribution in [2.45, 2.75) is 5.51 Å². The first-order valence-electron chi connectivity index (χ1n) is 4.54. The summed E-state index contributed by atoms with van der Waals surface area (Å²) in [6.45, 7) is 0. The van der Waals surface area contributed by atoms with E-state index in [0.717, 1.165) is 12.1 Å². The summed E-state index contributed by atoms with van der Waals surface area (Å²) in [5, 5.41) is 0. The number of benzene rings is 1. The van der Waals surface area contributed by atoms with E-state index in [9.17, 15) is 31.2 Å². The second-order valence-corrected chi connectivity index (χ2v) is 4.62. The van der Waals surface area contributed by atoms with Crippen LogP contribution in [0.1, 0.15) is 0 Å². The van der Waals surface area contributed by atoms with E-state index in [1.165, 1.54) is 18.2 Å². The Balaban J connectivity index is 0.000000300. The van der Waals surface area contributed by atoms with Crippen molar-refractivity contribution in [1.29, 1.82) is 0 Å². The molecular formula is C9H6F3NO5S. The van der Waals surface area contributed by atoms with Crippen molar-refractivity contribution in [3.8, 4) is 5.75 Å². The van der Waals surface area contributed by atoms with Gasteiger partial charge in [0.25, 0.3) is 0 Å². The number of nitrogens with one attached hydrogen (secondary N) is 1. The third-order valence-electron chi connectivity index (χ3n) is 1.60. The fourth-order valence-electron chi connectivity index (χ4n) is 0.722. The van der Waals surface area contributed by atoms with Gasteiger partial charge in [0.1, 0.15) is 5.75 Å². The van der Waals surface area contributed by atoms with Crippen molar-refractivity contribution in [3.05, 3.63) is 51.0 Å². The molecule has 0 unspecified atom stereocenters. The van der Waals surface area contributed by atoms with Crippen molar-refractivity contribution in [3.63, 3.8) is 0 Å². The van der Waals surface area contributed by atoms with Crippen LogP contribution in [0.25, 0.3) is 0 Å². The zero-order valence-electron chi connectivity index (χ0n) is 8.97. The molecule has 0 aliphatic carbocycles. The molecule has 1 aromatic heterocycles. The maximum absolute atomic E-state index is 11.8. The van der Waals surface area contributed by atoms with Gasteiger partial charge in [-0.3, -0.25) is 14.6 Å². The summed E-state index contributed by atoms with van der Waals surface area (Å²) >= 11 is 0. The van der Waals surface area contributed by atoms with Crippen LogP contribution in [0.3, 0.4) is 0 Å². The Kier molecular flexibility index (Phi) is 4.14. The van der Waals surface area contributed by atoms with Gasteiger partial charge in [-0.15, -0.1) is 0 Å². The summed E-state index contributed by atoms with van der Waals surface area (Å²) in [4.78, 5) is 20.8. The highest BCUT2D eigenvalue weighted by Gasteiger charge is 2.48. The normalized spacial score (nSPS) is 11.7. The van der Waals surface area contributed by atoms with Crippen LogP contribution in [0.4, 0.5) is 13.2 Å². The van der Waals surface area contributed by atoms with Gasteiger partial charge in [-0.05, 0) is 12.1 Å². The lowest BCUT2D eigenvalue weighted by Crippen LogP contribution is -2.27. The number of H-pyrrole nitrogens is 1. The Labute approximate surface area is 104 Å². The minimum atomic E-state index is -5.55. The Bertz CT molecular complexity index is 675. The van der Waals surface area contributed by atoms with Gasteiger partial charge < -0.3 is 4.18 Å². The molecule has 0 saturated heterocycles. The molecule has 2 rings (SSSR count). The quantitative estimate of drug-likeness (QED) is 0.495. The van der Waals surface area contributed by atoms with Gasteiger partial charge in [-0.1, -0.05) is 18.2 Å². The highest BCUT2D eigenvalue weighted by Crippen LogP contribution is 2.26. The van der Waals surface area contributed by atoms with E-state index in [1.54, 1.807) is 0 Å². The molecule has 1 N–H and O–H groups in total. The van der Waals surface area contributed by atoms with Crippen LogP contribution in [-0.2, 0) is 10.1 Å². The number of alkyl halides is 3. The van der Waals surface area contributed by atoms with E-state index >= 15 is 0 Å². The molecule has 0 bridgehead atoms. The molecular weight excluding hydrogens is 291 g/mol. The monoisotopic (exact) mass is 297 g/mol. The van der Waals surface area contributed by atoms with Crippen molar-refractivity contribution >= 4 is 10.1 Å². The fraction of sp³-hybridized carbons (Fsp3) is 0.111. The smallest absolute Gasteiger partial charge is 0.376 e. The van der Waals surface area contributed by atoms with E-state index in [1.807, 2.05) is 4.98 Å². The molecule has 0 radical (unpaired) electrons. The summed E-state index contributed by atoms with van der Waals surface area (Å²) in [7, 11) is -5.55. The van der Waals surface area contributed by atoms with Gasteiger partial charge >= 0.3 is 26.7 Å². The number of para-hydroxylation sites is 1. The number of rotatable bonds is 2. The summed E-state index contributed by atoms with van der Waals surface area (Å²) in [6, 6.07) is 6.47. The van der Waals surface area contributed by atoms with Crippen LogP contribution in [0, 0.1) is 0 Å². The van der Waals surface area contributed by atoms with Gasteiger partial charge in [0.05, 0.1) is 0 Å². The first kappa shape index (κ1) is 15.0. The van der Waals surface area contributed by atoms with Gasteiger partial charge in [-0.25, -0.2) is 0 Å². The number of aromatic nitrogens is 1. The second kappa shape index (κ2) is 5.26. The highest BCUT2D eigenvalue weighted by atomic mass is 32.2. The molecule has 10 heteroatoms. The van der Waals surface area contributed by atoms with Crippen LogP contribution < -0.4 is 15.3 Å². The largest absolute Gasteiger partial charge is 0.534 e. The van der Waals surface area contributed by atoms with Crippen molar-refractivity contribution in [2.75, 3.05) is 0 Å². The first-order valence-corrected chi connectivity index (χ1v) is 5.95. The lowest BCUT2D eigenvalue weighted by Gasteiger charge is -2.08. The van der Waals surface area contributed by atoms with Gasteiger partial charge in [0.15, 0.2) is 0 Å². The summed E-state index contributed by atoms with van der Waals surface area (Å²) < 4.78 is 60.2. The van der Waals surface area contributed by atoms with Gasteiger partial charge in [-0.2, -0.15) is 21.6 Å². The van der Waals surface area contributed by atoms with Crippen LogP contribution >= 0.6 is 0 Å². The molecule has 104 valence electrons. The predicted octanol–water partition coefficient (Wildman–Crippen LogP) is 0.526. The summed E-state index contributed by atoms with van der Waals surface area (Å²) in [5.74, 6) is -0.371. The van der Waals surface area contributed by atoms with Crippen LogP contribution in [0.2, 0.25) is 0 Å². The van der Waals surface area contributed by atoms with Crippen LogP contribution in [0.5, 0.6) is 5.75 Å². The Morgan fingerprint density at radius 1 is 1.00 bits per heavy atom. The second-order valence-electron chi connectivity index (χ2n) is 3.08. The molecule has 0 aliphatic rings. The number of hydrogen-bond acceptors (Lipinski definition) is 5. The summed E-state index contributed by atoms with van der Waals surface area (Å²) in [5.41, 5.74) is -6.34. The zero-order chi connectivity index (χ0) is 14.7. The molecule has 1 heterocycles. The lowest BCUT2D eigenvalue weighted by atomic mass is 10.3. The average Bonchev–Trinajstić information content (AvgIpc) is 2.92. The SMILES string of the molecule is O=S(=O)(Oc1ccccc1)C(F)(F)F.O=c1[nH]c1=O. The third-order valence-corrected chi connectivity index (χ3v) is 2.58. The van der Waals surface area contributed by atoms with Gasteiger partial charge in [0.2, 0.25) is 0 Å². The molecule has 0 amide bonds. The minimum Gasteiger partial charge on any atom is -0.376 e. The molecule has 0 fully saturated rings. The molecule has 0 spiro atoms. The molecule has 6 nitrogen and oxygen atoms in total. The standard InChI is InChI=1S/C7H5F3O3S.C2HNO2/c8-7(9,10)14(11,12)13-6-4-2-1-3-5-6;4-1-2(5)3-1/h1-5H;(H,3,4,5). The zero-order valence-corrected chi connectivity index (χ0v) is 9.79. The van der Waals surface area contributed by atoms with Crippen molar-refractivity contribution in [1.82, 2.24) is 4.98 Å². The average molecular weight is 297 g/mol. The van der Waals surface area contributed by atoms with Crippen LogP contribution in [-0.4, -0.2) is 18.9 Å². The molecule has 2 aromatic rings. The number of hydrogen-bond donors (Lipinski definition) is 1. The Morgan fingerprint density at radius 3 is 1.74 bits per heavy atom.